The third kappa shape index (κ3) is 3.54. The highest BCUT2D eigenvalue weighted by molar-refractivity contribution is 5.82. The zero-order chi connectivity index (χ0) is 14.5. The maximum absolute atomic E-state index is 12.9. The molecule has 0 saturated heterocycles. The Morgan fingerprint density at radius 1 is 0.800 bits per heavy atom. The van der Waals surface area contributed by atoms with E-state index in [2.05, 4.69) is 10.2 Å². The van der Waals surface area contributed by atoms with Crippen LogP contribution in [0.1, 0.15) is 16.7 Å². The summed E-state index contributed by atoms with van der Waals surface area (Å²) in [5.74, 6) is -4.01. The van der Waals surface area contributed by atoms with Crippen molar-refractivity contribution in [2.24, 2.45) is 10.2 Å². The Kier molecular flexibility index (Phi) is 4.30. The molecule has 0 aliphatic heterocycles. The SMILES string of the molecule is Cc1ccc(/C=N/N=C/c2cc(F)c(F)c(F)c2)cc1. The number of rotatable bonds is 3. The van der Waals surface area contributed by atoms with Crippen molar-refractivity contribution in [3.63, 3.8) is 0 Å². The monoisotopic (exact) mass is 276 g/mol. The molecule has 0 fully saturated rings. The van der Waals surface area contributed by atoms with Gasteiger partial charge in [-0.25, -0.2) is 13.2 Å². The molecule has 2 aromatic rings. The molecule has 2 nitrogen and oxygen atoms in total. The van der Waals surface area contributed by atoms with E-state index in [1.165, 1.54) is 6.21 Å². The Hall–Kier alpha value is -2.43. The minimum Gasteiger partial charge on any atom is -0.204 e. The third-order valence-corrected chi connectivity index (χ3v) is 2.56. The van der Waals surface area contributed by atoms with Crippen LogP contribution in [0.5, 0.6) is 0 Å². The highest BCUT2D eigenvalue weighted by atomic mass is 19.2. The van der Waals surface area contributed by atoms with Crippen molar-refractivity contribution >= 4 is 12.4 Å². The van der Waals surface area contributed by atoms with Crippen LogP contribution in [0, 0.1) is 24.4 Å². The van der Waals surface area contributed by atoms with Gasteiger partial charge in [0.25, 0.3) is 0 Å². The number of halogens is 3. The van der Waals surface area contributed by atoms with Gasteiger partial charge in [-0.2, -0.15) is 10.2 Å². The summed E-state index contributed by atoms with van der Waals surface area (Å²) in [5, 5.41) is 7.41. The molecule has 0 spiro atoms. The molecule has 102 valence electrons. The van der Waals surface area contributed by atoms with Crippen LogP contribution in [-0.2, 0) is 0 Å². The molecule has 0 amide bonds. The van der Waals surface area contributed by atoms with Crippen molar-refractivity contribution in [2.45, 2.75) is 6.92 Å². The molecule has 0 saturated carbocycles. The van der Waals surface area contributed by atoms with E-state index in [1.54, 1.807) is 0 Å². The number of nitrogens with zero attached hydrogens (tertiary/aromatic N) is 2. The van der Waals surface area contributed by atoms with Gasteiger partial charge in [0.1, 0.15) is 0 Å². The Morgan fingerprint density at radius 2 is 1.30 bits per heavy atom. The predicted octanol–water partition coefficient (Wildman–Crippen LogP) is 3.87. The Balaban J connectivity index is 2.08. The largest absolute Gasteiger partial charge is 0.204 e. The van der Waals surface area contributed by atoms with E-state index in [9.17, 15) is 13.2 Å². The number of hydrogen-bond acceptors (Lipinski definition) is 2. The van der Waals surface area contributed by atoms with E-state index < -0.39 is 17.5 Å². The fourth-order valence-corrected chi connectivity index (χ4v) is 1.50. The smallest absolute Gasteiger partial charge is 0.194 e. The van der Waals surface area contributed by atoms with E-state index in [0.717, 1.165) is 29.5 Å². The summed E-state index contributed by atoms with van der Waals surface area (Å²) in [7, 11) is 0. The normalized spacial score (nSPS) is 11.6. The van der Waals surface area contributed by atoms with Gasteiger partial charge in [0, 0.05) is 5.56 Å². The quantitative estimate of drug-likeness (QED) is 0.462. The standard InChI is InChI=1S/C15H11F3N2/c1-10-2-4-11(5-3-10)8-19-20-9-12-6-13(16)15(18)14(17)7-12/h2-9H,1H3/b19-8+,20-9+. The Bertz CT molecular complexity index is 638. The van der Waals surface area contributed by atoms with Crippen LogP contribution in [0.3, 0.4) is 0 Å². The lowest BCUT2D eigenvalue weighted by molar-refractivity contribution is 0.447. The minimum absolute atomic E-state index is 0.0995. The van der Waals surface area contributed by atoms with Crippen LogP contribution in [0.15, 0.2) is 46.6 Å². The lowest BCUT2D eigenvalue weighted by atomic mass is 10.2. The van der Waals surface area contributed by atoms with Crippen molar-refractivity contribution < 1.29 is 13.2 Å². The van der Waals surface area contributed by atoms with Crippen LogP contribution in [0.25, 0.3) is 0 Å². The molecule has 0 radical (unpaired) electrons. The van der Waals surface area contributed by atoms with E-state index in [0.29, 0.717) is 0 Å². The van der Waals surface area contributed by atoms with Gasteiger partial charge in [0.2, 0.25) is 0 Å². The van der Waals surface area contributed by atoms with Crippen LogP contribution in [0.4, 0.5) is 13.2 Å². The van der Waals surface area contributed by atoms with Gasteiger partial charge in [-0.15, -0.1) is 0 Å². The molecule has 5 heteroatoms. The first-order chi connectivity index (χ1) is 9.56. The molecule has 0 bridgehead atoms. The van der Waals surface area contributed by atoms with E-state index >= 15 is 0 Å². The molecule has 0 aromatic heterocycles. The first-order valence-electron chi connectivity index (χ1n) is 5.84. The van der Waals surface area contributed by atoms with Gasteiger partial charge in [-0.05, 0) is 24.6 Å². The zero-order valence-corrected chi connectivity index (χ0v) is 10.6. The molecule has 0 aliphatic rings. The summed E-state index contributed by atoms with van der Waals surface area (Å²) in [6, 6.07) is 9.29. The predicted molar refractivity (Wildman–Crippen MR) is 72.7 cm³/mol. The second kappa shape index (κ2) is 6.14. The second-order valence-corrected chi connectivity index (χ2v) is 4.20. The molecule has 0 unspecified atom stereocenters. The van der Waals surface area contributed by atoms with Crippen molar-refractivity contribution in [2.75, 3.05) is 0 Å². The van der Waals surface area contributed by atoms with E-state index in [4.69, 9.17) is 0 Å². The first kappa shape index (κ1) is 14.0. The molecule has 0 atom stereocenters. The van der Waals surface area contributed by atoms with Crippen LogP contribution in [0.2, 0.25) is 0 Å². The average molecular weight is 276 g/mol. The van der Waals surface area contributed by atoms with Gasteiger partial charge < -0.3 is 0 Å². The molecule has 0 N–H and O–H groups in total. The van der Waals surface area contributed by atoms with E-state index in [1.807, 2.05) is 31.2 Å². The highest BCUT2D eigenvalue weighted by Gasteiger charge is 2.08. The van der Waals surface area contributed by atoms with Crippen LogP contribution < -0.4 is 0 Å². The maximum atomic E-state index is 12.9. The molecule has 0 heterocycles. The summed E-state index contributed by atoms with van der Waals surface area (Å²) < 4.78 is 38.6. The van der Waals surface area contributed by atoms with Crippen LogP contribution in [-0.4, -0.2) is 12.4 Å². The Morgan fingerprint density at radius 3 is 1.85 bits per heavy atom. The molecular weight excluding hydrogens is 265 g/mol. The van der Waals surface area contributed by atoms with Gasteiger partial charge in [0.05, 0.1) is 12.4 Å². The summed E-state index contributed by atoms with van der Waals surface area (Å²) in [6.07, 6.45) is 2.66. The lowest BCUT2D eigenvalue weighted by Crippen LogP contribution is -1.93. The average Bonchev–Trinajstić information content (AvgIpc) is 2.43. The minimum atomic E-state index is -1.50. The van der Waals surface area contributed by atoms with Crippen molar-refractivity contribution in [3.05, 3.63) is 70.5 Å². The molecule has 2 rings (SSSR count). The highest BCUT2D eigenvalue weighted by Crippen LogP contribution is 2.12. The number of hydrogen-bond donors (Lipinski definition) is 0. The first-order valence-corrected chi connectivity index (χ1v) is 5.84. The fraction of sp³-hybridized carbons (Fsp3) is 0.0667. The van der Waals surface area contributed by atoms with Crippen molar-refractivity contribution in [1.82, 2.24) is 0 Å². The van der Waals surface area contributed by atoms with Gasteiger partial charge >= 0.3 is 0 Å². The summed E-state index contributed by atoms with van der Waals surface area (Å²) in [5.41, 5.74) is 2.08. The zero-order valence-electron chi connectivity index (χ0n) is 10.6. The molecule has 2 aromatic carbocycles. The second-order valence-electron chi connectivity index (χ2n) is 4.20. The van der Waals surface area contributed by atoms with Crippen molar-refractivity contribution in [3.8, 4) is 0 Å². The third-order valence-electron chi connectivity index (χ3n) is 2.56. The fourth-order valence-electron chi connectivity index (χ4n) is 1.50. The number of benzene rings is 2. The maximum Gasteiger partial charge on any atom is 0.194 e. The summed E-state index contributed by atoms with van der Waals surface area (Å²) in [4.78, 5) is 0. The lowest BCUT2D eigenvalue weighted by Gasteiger charge is -1.96. The summed E-state index contributed by atoms with van der Waals surface area (Å²) in [6.45, 7) is 1.97. The molecule has 20 heavy (non-hydrogen) atoms. The van der Waals surface area contributed by atoms with Crippen LogP contribution >= 0.6 is 0 Å². The summed E-state index contributed by atoms with van der Waals surface area (Å²) >= 11 is 0. The molecular formula is C15H11F3N2. The Labute approximate surface area is 114 Å². The topological polar surface area (TPSA) is 24.7 Å². The van der Waals surface area contributed by atoms with E-state index in [-0.39, 0.29) is 5.56 Å². The van der Waals surface area contributed by atoms with Gasteiger partial charge in [0.15, 0.2) is 17.5 Å². The van der Waals surface area contributed by atoms with Crippen molar-refractivity contribution in [1.29, 1.82) is 0 Å². The van der Waals surface area contributed by atoms with Gasteiger partial charge in [-0.3, -0.25) is 0 Å². The number of aryl methyl sites for hydroxylation is 1. The molecule has 0 aliphatic carbocycles. The van der Waals surface area contributed by atoms with Gasteiger partial charge in [-0.1, -0.05) is 29.8 Å².